The summed E-state index contributed by atoms with van der Waals surface area (Å²) in [5.74, 6) is -0.178. The Morgan fingerprint density at radius 3 is 2.60 bits per heavy atom. The molecular weight excluding hydrogens is 270 g/mol. The first-order valence-corrected chi connectivity index (χ1v) is 6.55. The molecule has 0 saturated carbocycles. The summed E-state index contributed by atoms with van der Waals surface area (Å²) < 4.78 is 0. The highest BCUT2D eigenvalue weighted by Gasteiger charge is 2.06. The molecule has 2 aromatic rings. The number of rotatable bonds is 4. The van der Waals surface area contributed by atoms with E-state index in [4.69, 9.17) is 18.0 Å². The molecule has 1 amide bonds. The highest BCUT2D eigenvalue weighted by molar-refractivity contribution is 7.80. The number of anilines is 1. The molecule has 0 aliphatic carbocycles. The molecule has 1 aromatic carbocycles. The molecule has 0 atom stereocenters. The van der Waals surface area contributed by atoms with Crippen LogP contribution >= 0.6 is 12.2 Å². The standard InChI is InChI=1S/C15H15N3OS/c1-10-6-12(9-17-8-10)15(19)18-13-4-2-11(3-5-13)7-14(16)20/h2-6,8-9H,7H2,1H3,(H2,16,20)(H,18,19). The molecule has 3 N–H and O–H groups in total. The van der Waals surface area contributed by atoms with Crippen LogP contribution in [0.3, 0.4) is 0 Å². The summed E-state index contributed by atoms with van der Waals surface area (Å²) in [5.41, 5.74) is 8.72. The van der Waals surface area contributed by atoms with Crippen molar-refractivity contribution in [2.75, 3.05) is 5.32 Å². The fourth-order valence-corrected chi connectivity index (χ4v) is 1.96. The lowest BCUT2D eigenvalue weighted by molar-refractivity contribution is 0.102. The second kappa shape index (κ2) is 6.25. The number of carbonyl (C=O) groups is 1. The minimum atomic E-state index is -0.178. The number of thiocarbonyl (C=S) groups is 1. The molecule has 1 aromatic heterocycles. The van der Waals surface area contributed by atoms with Crippen molar-refractivity contribution in [2.45, 2.75) is 13.3 Å². The molecule has 2 rings (SSSR count). The largest absolute Gasteiger partial charge is 0.393 e. The fourth-order valence-electron chi connectivity index (χ4n) is 1.79. The maximum absolute atomic E-state index is 12.0. The normalized spacial score (nSPS) is 10.1. The molecule has 0 bridgehead atoms. The van der Waals surface area contributed by atoms with Gasteiger partial charge in [-0.15, -0.1) is 0 Å². The van der Waals surface area contributed by atoms with E-state index in [-0.39, 0.29) is 5.91 Å². The summed E-state index contributed by atoms with van der Waals surface area (Å²) >= 11 is 4.86. The maximum atomic E-state index is 12.0. The van der Waals surface area contributed by atoms with Gasteiger partial charge in [0.2, 0.25) is 0 Å². The summed E-state index contributed by atoms with van der Waals surface area (Å²) in [7, 11) is 0. The van der Waals surface area contributed by atoms with Crippen molar-refractivity contribution in [3.8, 4) is 0 Å². The van der Waals surface area contributed by atoms with Crippen LogP contribution in [0.25, 0.3) is 0 Å². The number of aryl methyl sites for hydroxylation is 1. The Morgan fingerprint density at radius 1 is 1.30 bits per heavy atom. The van der Waals surface area contributed by atoms with Gasteiger partial charge < -0.3 is 11.1 Å². The number of hydrogen-bond acceptors (Lipinski definition) is 3. The van der Waals surface area contributed by atoms with Gasteiger partial charge in [0, 0.05) is 24.5 Å². The molecular formula is C15H15N3OS. The second-order valence-electron chi connectivity index (χ2n) is 4.55. The van der Waals surface area contributed by atoms with E-state index >= 15 is 0 Å². The number of aromatic nitrogens is 1. The molecule has 0 unspecified atom stereocenters. The average Bonchev–Trinajstić information content (AvgIpc) is 2.40. The number of benzene rings is 1. The highest BCUT2D eigenvalue weighted by Crippen LogP contribution is 2.12. The minimum Gasteiger partial charge on any atom is -0.393 e. The van der Waals surface area contributed by atoms with E-state index in [9.17, 15) is 4.79 Å². The lowest BCUT2D eigenvalue weighted by Gasteiger charge is -2.06. The van der Waals surface area contributed by atoms with Crippen molar-refractivity contribution in [1.82, 2.24) is 4.98 Å². The van der Waals surface area contributed by atoms with Crippen LogP contribution in [0.1, 0.15) is 21.5 Å². The molecule has 20 heavy (non-hydrogen) atoms. The summed E-state index contributed by atoms with van der Waals surface area (Å²) in [4.78, 5) is 16.5. The smallest absolute Gasteiger partial charge is 0.257 e. The van der Waals surface area contributed by atoms with E-state index in [1.54, 1.807) is 18.5 Å². The van der Waals surface area contributed by atoms with Crippen molar-refractivity contribution >= 4 is 28.8 Å². The van der Waals surface area contributed by atoms with Gasteiger partial charge in [0.15, 0.2) is 0 Å². The molecule has 0 aliphatic rings. The van der Waals surface area contributed by atoms with E-state index in [1.165, 1.54) is 0 Å². The topological polar surface area (TPSA) is 68.0 Å². The Bertz CT molecular complexity index is 638. The van der Waals surface area contributed by atoms with Crippen molar-refractivity contribution in [2.24, 2.45) is 5.73 Å². The van der Waals surface area contributed by atoms with Gasteiger partial charge in [-0.05, 0) is 36.2 Å². The second-order valence-corrected chi connectivity index (χ2v) is 5.07. The SMILES string of the molecule is Cc1cncc(C(=O)Nc2ccc(CC(N)=S)cc2)c1. The molecule has 5 heteroatoms. The number of amides is 1. The van der Waals surface area contributed by atoms with Gasteiger partial charge in [-0.3, -0.25) is 9.78 Å². The van der Waals surface area contributed by atoms with Crippen molar-refractivity contribution in [3.05, 3.63) is 59.4 Å². The Labute approximate surface area is 123 Å². The maximum Gasteiger partial charge on any atom is 0.257 e. The lowest BCUT2D eigenvalue weighted by Crippen LogP contribution is -2.13. The first-order valence-electron chi connectivity index (χ1n) is 6.15. The summed E-state index contributed by atoms with van der Waals surface area (Å²) in [6, 6.07) is 9.24. The number of pyridine rings is 1. The first kappa shape index (κ1) is 14.1. The molecule has 0 spiro atoms. The molecule has 0 fully saturated rings. The Hall–Kier alpha value is -2.27. The molecule has 4 nitrogen and oxygen atoms in total. The Kier molecular flexibility index (Phi) is 4.42. The van der Waals surface area contributed by atoms with Crippen LogP contribution in [-0.2, 0) is 6.42 Å². The molecule has 0 radical (unpaired) electrons. The number of nitrogens with two attached hydrogens (primary N) is 1. The third-order valence-electron chi connectivity index (χ3n) is 2.73. The molecule has 1 heterocycles. The predicted molar refractivity (Wildman–Crippen MR) is 83.9 cm³/mol. The van der Waals surface area contributed by atoms with Gasteiger partial charge in [0.05, 0.1) is 10.6 Å². The van der Waals surface area contributed by atoms with Crippen molar-refractivity contribution in [3.63, 3.8) is 0 Å². The van der Waals surface area contributed by atoms with Gasteiger partial charge in [0.1, 0.15) is 0 Å². The third kappa shape index (κ3) is 3.86. The predicted octanol–water partition coefficient (Wildman–Crippen LogP) is 2.47. The Balaban J connectivity index is 2.06. The van der Waals surface area contributed by atoms with Gasteiger partial charge >= 0.3 is 0 Å². The zero-order valence-electron chi connectivity index (χ0n) is 11.1. The van der Waals surface area contributed by atoms with E-state index < -0.39 is 0 Å². The van der Waals surface area contributed by atoms with Crippen LogP contribution < -0.4 is 11.1 Å². The van der Waals surface area contributed by atoms with E-state index in [2.05, 4.69) is 10.3 Å². The zero-order valence-corrected chi connectivity index (χ0v) is 11.9. The van der Waals surface area contributed by atoms with E-state index in [0.29, 0.717) is 17.0 Å². The van der Waals surface area contributed by atoms with Crippen LogP contribution in [-0.4, -0.2) is 15.9 Å². The lowest BCUT2D eigenvalue weighted by atomic mass is 10.1. The number of nitrogens with zero attached hydrogens (tertiary/aromatic N) is 1. The first-order chi connectivity index (χ1) is 9.54. The van der Waals surface area contributed by atoms with Crippen LogP contribution in [0.2, 0.25) is 0 Å². The average molecular weight is 285 g/mol. The minimum absolute atomic E-state index is 0.178. The molecule has 0 saturated heterocycles. The number of nitrogens with one attached hydrogen (secondary N) is 1. The quantitative estimate of drug-likeness (QED) is 0.847. The Morgan fingerprint density at radius 2 is 2.00 bits per heavy atom. The van der Waals surface area contributed by atoms with Gasteiger partial charge in [-0.2, -0.15) is 0 Å². The van der Waals surface area contributed by atoms with Crippen LogP contribution in [0.15, 0.2) is 42.7 Å². The fraction of sp³-hybridized carbons (Fsp3) is 0.133. The summed E-state index contributed by atoms with van der Waals surface area (Å²) in [6.45, 7) is 1.90. The van der Waals surface area contributed by atoms with Gasteiger partial charge in [-0.25, -0.2) is 0 Å². The zero-order chi connectivity index (χ0) is 14.5. The summed E-state index contributed by atoms with van der Waals surface area (Å²) in [6.07, 6.45) is 3.82. The van der Waals surface area contributed by atoms with Crippen molar-refractivity contribution < 1.29 is 4.79 Å². The summed E-state index contributed by atoms with van der Waals surface area (Å²) in [5, 5.41) is 2.82. The monoisotopic (exact) mass is 285 g/mol. The molecule has 102 valence electrons. The number of carbonyl (C=O) groups excluding carboxylic acids is 1. The highest BCUT2D eigenvalue weighted by atomic mass is 32.1. The van der Waals surface area contributed by atoms with Crippen LogP contribution in [0.5, 0.6) is 0 Å². The third-order valence-corrected chi connectivity index (χ3v) is 2.87. The van der Waals surface area contributed by atoms with Gasteiger partial charge in [0.25, 0.3) is 5.91 Å². The van der Waals surface area contributed by atoms with Crippen molar-refractivity contribution in [1.29, 1.82) is 0 Å². The van der Waals surface area contributed by atoms with E-state index in [0.717, 1.165) is 16.8 Å². The van der Waals surface area contributed by atoms with Crippen LogP contribution in [0, 0.1) is 6.92 Å². The number of hydrogen-bond donors (Lipinski definition) is 2. The molecule has 0 aliphatic heterocycles. The van der Waals surface area contributed by atoms with Crippen LogP contribution in [0.4, 0.5) is 5.69 Å². The van der Waals surface area contributed by atoms with Gasteiger partial charge in [-0.1, -0.05) is 24.4 Å². The van der Waals surface area contributed by atoms with E-state index in [1.807, 2.05) is 31.2 Å².